The maximum Gasteiger partial charge on any atom is 0.201 e. The van der Waals surface area contributed by atoms with Gasteiger partial charge in [0.05, 0.1) is 11.0 Å². The van der Waals surface area contributed by atoms with Crippen LogP contribution in [0.1, 0.15) is 24.9 Å². The average Bonchev–Trinajstić information content (AvgIpc) is 2.61. The van der Waals surface area contributed by atoms with Gasteiger partial charge in [-0.3, -0.25) is 0 Å². The molecule has 1 heterocycles. The number of fused-ring (bicyclic) bond motifs is 1. The van der Waals surface area contributed by atoms with Crippen LogP contribution in [0.3, 0.4) is 0 Å². The normalized spacial score (nSPS) is 13.1. The molecule has 0 aliphatic rings. The van der Waals surface area contributed by atoms with Crippen molar-refractivity contribution < 1.29 is 4.74 Å². The zero-order valence-electron chi connectivity index (χ0n) is 10.6. The number of nitrogen functional groups attached to an aromatic ring is 1. The van der Waals surface area contributed by atoms with Crippen LogP contribution >= 0.6 is 0 Å². The van der Waals surface area contributed by atoms with Crippen LogP contribution in [0.4, 0.5) is 5.95 Å². The first kappa shape index (κ1) is 11.9. The van der Waals surface area contributed by atoms with Gasteiger partial charge in [-0.1, -0.05) is 6.07 Å². The fourth-order valence-corrected chi connectivity index (χ4v) is 2.11. The summed E-state index contributed by atoms with van der Waals surface area (Å²) in [5.74, 6) is 0.578. The Kier molecular flexibility index (Phi) is 3.33. The second-order valence-electron chi connectivity index (χ2n) is 4.46. The summed E-state index contributed by atoms with van der Waals surface area (Å²) >= 11 is 0. The van der Waals surface area contributed by atoms with E-state index in [1.165, 1.54) is 5.56 Å². The van der Waals surface area contributed by atoms with E-state index in [9.17, 15) is 0 Å². The summed E-state index contributed by atoms with van der Waals surface area (Å²) in [7, 11) is 1.71. The second kappa shape index (κ2) is 4.75. The quantitative estimate of drug-likeness (QED) is 0.882. The van der Waals surface area contributed by atoms with Crippen LogP contribution in [0.2, 0.25) is 0 Å². The third kappa shape index (κ3) is 2.26. The van der Waals surface area contributed by atoms with Gasteiger partial charge < -0.3 is 15.0 Å². The molecule has 0 spiro atoms. The van der Waals surface area contributed by atoms with Gasteiger partial charge in [-0.15, -0.1) is 0 Å². The second-order valence-corrected chi connectivity index (χ2v) is 4.46. The molecule has 0 saturated heterocycles. The van der Waals surface area contributed by atoms with Gasteiger partial charge in [-0.2, -0.15) is 0 Å². The van der Waals surface area contributed by atoms with Crippen molar-refractivity contribution in [1.82, 2.24) is 9.55 Å². The summed E-state index contributed by atoms with van der Waals surface area (Å²) in [4.78, 5) is 4.40. The van der Waals surface area contributed by atoms with Gasteiger partial charge in [-0.25, -0.2) is 4.98 Å². The van der Waals surface area contributed by atoms with Crippen molar-refractivity contribution in [1.29, 1.82) is 0 Å². The minimum absolute atomic E-state index is 0.294. The molecule has 4 heteroatoms. The number of aryl methyl sites for hydroxylation is 1. The summed E-state index contributed by atoms with van der Waals surface area (Å²) in [6.45, 7) is 4.92. The largest absolute Gasteiger partial charge is 0.385 e. The molecule has 1 aromatic heterocycles. The van der Waals surface area contributed by atoms with Crippen LogP contribution in [0.25, 0.3) is 11.0 Å². The first-order chi connectivity index (χ1) is 8.13. The lowest BCUT2D eigenvalue weighted by atomic mass is 10.2. The predicted octanol–water partition coefficient (Wildman–Crippen LogP) is 2.52. The monoisotopic (exact) mass is 233 g/mol. The maximum atomic E-state index is 5.99. The van der Waals surface area contributed by atoms with Crippen molar-refractivity contribution in [3.8, 4) is 0 Å². The van der Waals surface area contributed by atoms with E-state index in [1.54, 1.807) is 7.11 Å². The molecule has 2 aromatic rings. The Morgan fingerprint density at radius 2 is 2.24 bits per heavy atom. The lowest BCUT2D eigenvalue weighted by molar-refractivity contribution is 0.182. The summed E-state index contributed by atoms with van der Waals surface area (Å²) in [5, 5.41) is 0. The summed E-state index contributed by atoms with van der Waals surface area (Å²) < 4.78 is 7.18. The lowest BCUT2D eigenvalue weighted by Crippen LogP contribution is -2.10. The molecule has 4 nitrogen and oxygen atoms in total. The molecule has 0 amide bonds. The van der Waals surface area contributed by atoms with E-state index in [0.717, 1.165) is 24.1 Å². The summed E-state index contributed by atoms with van der Waals surface area (Å²) in [5.41, 5.74) is 9.25. The molecule has 0 radical (unpaired) electrons. The molecule has 1 atom stereocenters. The molecule has 0 aliphatic carbocycles. The highest BCUT2D eigenvalue weighted by Crippen LogP contribution is 2.25. The molecule has 2 rings (SSSR count). The van der Waals surface area contributed by atoms with Gasteiger partial charge >= 0.3 is 0 Å². The highest BCUT2D eigenvalue weighted by Gasteiger charge is 2.13. The number of imidazole rings is 1. The van der Waals surface area contributed by atoms with Crippen molar-refractivity contribution in [2.24, 2.45) is 0 Å². The van der Waals surface area contributed by atoms with Crippen molar-refractivity contribution in [2.45, 2.75) is 26.3 Å². The molecular weight excluding hydrogens is 214 g/mol. The Bertz CT molecular complexity index is 519. The van der Waals surface area contributed by atoms with Gasteiger partial charge in [-0.05, 0) is 38.0 Å². The highest BCUT2D eigenvalue weighted by molar-refractivity contribution is 5.79. The smallest absolute Gasteiger partial charge is 0.201 e. The van der Waals surface area contributed by atoms with Gasteiger partial charge in [0, 0.05) is 19.8 Å². The number of anilines is 1. The number of benzene rings is 1. The first-order valence-corrected chi connectivity index (χ1v) is 5.86. The van der Waals surface area contributed by atoms with Crippen LogP contribution in [-0.2, 0) is 4.74 Å². The number of methoxy groups -OCH3 is 1. The predicted molar refractivity (Wildman–Crippen MR) is 70.1 cm³/mol. The molecule has 1 aromatic carbocycles. The number of hydrogen-bond donors (Lipinski definition) is 1. The Balaban J connectivity index is 2.42. The first-order valence-electron chi connectivity index (χ1n) is 5.86. The fourth-order valence-electron chi connectivity index (χ4n) is 2.11. The number of aromatic nitrogens is 2. The van der Waals surface area contributed by atoms with Gasteiger partial charge in [0.2, 0.25) is 5.95 Å². The molecule has 17 heavy (non-hydrogen) atoms. The van der Waals surface area contributed by atoms with E-state index in [2.05, 4.69) is 41.6 Å². The Morgan fingerprint density at radius 1 is 1.47 bits per heavy atom. The highest BCUT2D eigenvalue weighted by atomic mass is 16.5. The van der Waals surface area contributed by atoms with Crippen LogP contribution in [0.15, 0.2) is 18.2 Å². The topological polar surface area (TPSA) is 53.1 Å². The maximum absolute atomic E-state index is 5.99. The van der Waals surface area contributed by atoms with E-state index < -0.39 is 0 Å². The molecule has 0 bridgehead atoms. The summed E-state index contributed by atoms with van der Waals surface area (Å²) in [6, 6.07) is 6.52. The molecule has 0 saturated carbocycles. The van der Waals surface area contributed by atoms with E-state index in [1.807, 2.05) is 0 Å². The van der Waals surface area contributed by atoms with E-state index in [4.69, 9.17) is 10.5 Å². The van der Waals surface area contributed by atoms with Gasteiger partial charge in [0.1, 0.15) is 0 Å². The zero-order valence-corrected chi connectivity index (χ0v) is 10.6. The van der Waals surface area contributed by atoms with E-state index >= 15 is 0 Å². The number of hydrogen-bond acceptors (Lipinski definition) is 3. The molecule has 0 fully saturated rings. The van der Waals surface area contributed by atoms with E-state index in [0.29, 0.717) is 12.0 Å². The van der Waals surface area contributed by atoms with Crippen LogP contribution in [-0.4, -0.2) is 23.3 Å². The standard InChI is InChI=1S/C13H19N3O/c1-9-4-5-12-11(8-9)15-13(14)16(12)10(2)6-7-17-3/h4-5,8,10H,6-7H2,1-3H3,(H2,14,15). The van der Waals surface area contributed by atoms with Crippen molar-refractivity contribution in [2.75, 3.05) is 19.5 Å². The molecule has 92 valence electrons. The molecule has 2 N–H and O–H groups in total. The third-order valence-electron chi connectivity index (χ3n) is 3.05. The molecular formula is C13H19N3O. The number of nitrogens with zero attached hydrogens (tertiary/aromatic N) is 2. The molecule has 0 aliphatic heterocycles. The lowest BCUT2D eigenvalue weighted by Gasteiger charge is -2.15. The Labute approximate surface area is 101 Å². The number of rotatable bonds is 4. The average molecular weight is 233 g/mol. The van der Waals surface area contributed by atoms with Crippen LogP contribution < -0.4 is 5.73 Å². The van der Waals surface area contributed by atoms with Gasteiger partial charge in [0.15, 0.2) is 0 Å². The zero-order chi connectivity index (χ0) is 12.4. The van der Waals surface area contributed by atoms with E-state index in [-0.39, 0.29) is 0 Å². The SMILES string of the molecule is COCCC(C)n1c(N)nc2cc(C)ccc21. The Hall–Kier alpha value is -1.55. The van der Waals surface area contributed by atoms with Gasteiger partial charge in [0.25, 0.3) is 0 Å². The van der Waals surface area contributed by atoms with Crippen molar-refractivity contribution in [3.05, 3.63) is 23.8 Å². The van der Waals surface area contributed by atoms with Crippen molar-refractivity contribution >= 4 is 17.0 Å². The number of nitrogens with two attached hydrogens (primary N) is 1. The minimum atomic E-state index is 0.294. The van der Waals surface area contributed by atoms with Crippen molar-refractivity contribution in [3.63, 3.8) is 0 Å². The van der Waals surface area contributed by atoms with Crippen LogP contribution in [0.5, 0.6) is 0 Å². The third-order valence-corrected chi connectivity index (χ3v) is 3.05. The Morgan fingerprint density at radius 3 is 2.94 bits per heavy atom. The minimum Gasteiger partial charge on any atom is -0.385 e. The fraction of sp³-hybridized carbons (Fsp3) is 0.462. The number of ether oxygens (including phenoxy) is 1. The summed E-state index contributed by atoms with van der Waals surface area (Å²) in [6.07, 6.45) is 0.931. The van der Waals surface area contributed by atoms with Crippen LogP contribution in [0, 0.1) is 6.92 Å². The molecule has 1 unspecified atom stereocenters.